The predicted molar refractivity (Wildman–Crippen MR) is 26.1 cm³/mol. The van der Waals surface area contributed by atoms with Crippen LogP contribution in [0.4, 0.5) is 30.7 Å². The molecule has 0 saturated carbocycles. The molecule has 1 atom stereocenters. The predicted octanol–water partition coefficient (Wildman–Crippen LogP) is 1.71. The van der Waals surface area contributed by atoms with E-state index in [2.05, 4.69) is 10.5 Å². The lowest BCUT2D eigenvalue weighted by molar-refractivity contribution is -0.444. The van der Waals surface area contributed by atoms with Gasteiger partial charge in [0.15, 0.2) is 0 Å². The number of alkyl halides is 7. The fraction of sp³-hybridized carbons (Fsp3) is 1.00. The van der Waals surface area contributed by atoms with Crippen LogP contribution in [0.2, 0.25) is 0 Å². The zero-order valence-electron chi connectivity index (χ0n) is 5.84. The highest BCUT2D eigenvalue weighted by molar-refractivity contribution is 4.78. The van der Waals surface area contributed by atoms with Gasteiger partial charge >= 0.3 is 18.4 Å². The van der Waals surface area contributed by atoms with E-state index in [4.69, 9.17) is 0 Å². The van der Waals surface area contributed by atoms with Crippen molar-refractivity contribution in [2.24, 2.45) is 5.73 Å². The summed E-state index contributed by atoms with van der Waals surface area (Å²) in [7, 11) is 0. The number of hydrogen-bond acceptors (Lipinski definition) is 2. The van der Waals surface area contributed by atoms with Gasteiger partial charge in [-0.3, -0.25) is 0 Å². The van der Waals surface area contributed by atoms with E-state index in [0.29, 0.717) is 0 Å². The Morgan fingerprint density at radius 1 is 0.923 bits per heavy atom. The normalized spacial score (nSPS) is 18.5. The maximum absolute atomic E-state index is 12.3. The van der Waals surface area contributed by atoms with Gasteiger partial charge in [-0.25, -0.2) is 9.13 Å². The second kappa shape index (κ2) is 3.29. The molecular formula is C4H4F7NO. The Morgan fingerprint density at radius 3 is 1.38 bits per heavy atom. The van der Waals surface area contributed by atoms with Gasteiger partial charge in [-0.2, -0.15) is 13.2 Å². The number of rotatable bonds is 2. The molecule has 80 valence electrons. The summed E-state index contributed by atoms with van der Waals surface area (Å²) in [6.45, 7) is -1.96. The van der Waals surface area contributed by atoms with Gasteiger partial charge in [-0.1, -0.05) is 0 Å². The van der Waals surface area contributed by atoms with E-state index in [1.165, 1.54) is 0 Å². The summed E-state index contributed by atoms with van der Waals surface area (Å²) < 4.78 is 83.0. The molecule has 0 saturated heterocycles. The molecule has 0 spiro atoms. The first-order chi connectivity index (χ1) is 5.52. The molecule has 0 bridgehead atoms. The molecule has 1 unspecified atom stereocenters. The first-order valence-electron chi connectivity index (χ1n) is 2.74. The van der Waals surface area contributed by atoms with E-state index >= 15 is 0 Å². The van der Waals surface area contributed by atoms with E-state index in [1.807, 2.05) is 0 Å². The molecule has 13 heavy (non-hydrogen) atoms. The Hall–Kier alpha value is -0.570. The molecule has 0 amide bonds. The van der Waals surface area contributed by atoms with Gasteiger partial charge in [0.1, 0.15) is 0 Å². The smallest absolute Gasteiger partial charge is 0.325 e. The summed E-state index contributed by atoms with van der Waals surface area (Å²) in [5, 5.41) is 0. The third-order valence-electron chi connectivity index (χ3n) is 0.963. The molecule has 0 aromatic rings. The average molecular weight is 215 g/mol. The molecule has 0 heterocycles. The lowest BCUT2D eigenvalue weighted by atomic mass is 10.3. The monoisotopic (exact) mass is 215 g/mol. The fourth-order valence-corrected chi connectivity index (χ4v) is 0.399. The van der Waals surface area contributed by atoms with Gasteiger partial charge in [-0.15, -0.1) is 13.2 Å². The van der Waals surface area contributed by atoms with Gasteiger partial charge in [0, 0.05) is 0 Å². The van der Waals surface area contributed by atoms with Gasteiger partial charge in [-0.05, 0) is 0 Å². The lowest BCUT2D eigenvalue weighted by Gasteiger charge is -2.26. The molecule has 9 heteroatoms. The number of nitrogens with two attached hydrogens (primary N) is 1. The molecular weight excluding hydrogens is 211 g/mol. The van der Waals surface area contributed by atoms with Gasteiger partial charge in [0.05, 0.1) is 6.54 Å². The van der Waals surface area contributed by atoms with Crippen LogP contribution in [-0.2, 0) is 4.74 Å². The third kappa shape index (κ3) is 3.35. The summed E-state index contributed by atoms with van der Waals surface area (Å²) >= 11 is 0. The first-order valence-corrected chi connectivity index (χ1v) is 2.74. The van der Waals surface area contributed by atoms with Crippen molar-refractivity contribution in [2.45, 2.75) is 18.4 Å². The molecule has 0 aromatic heterocycles. The molecule has 0 radical (unpaired) electrons. The van der Waals surface area contributed by atoms with Crippen LogP contribution in [0.25, 0.3) is 0 Å². The van der Waals surface area contributed by atoms with Crippen molar-refractivity contribution in [1.29, 1.82) is 0 Å². The van der Waals surface area contributed by atoms with Crippen molar-refractivity contribution < 1.29 is 35.5 Å². The minimum Gasteiger partial charge on any atom is -0.325 e. The van der Waals surface area contributed by atoms with E-state index in [0.717, 1.165) is 0 Å². The van der Waals surface area contributed by atoms with Crippen LogP contribution in [-0.4, -0.2) is 24.9 Å². The second-order valence-corrected chi connectivity index (χ2v) is 1.98. The second-order valence-electron chi connectivity index (χ2n) is 1.98. The zero-order valence-corrected chi connectivity index (χ0v) is 5.84. The van der Waals surface area contributed by atoms with Crippen molar-refractivity contribution in [3.63, 3.8) is 0 Å². The number of hydrogen-bond donors (Lipinski definition) is 1. The Kier molecular flexibility index (Phi) is 3.15. The zero-order chi connectivity index (χ0) is 10.9. The van der Waals surface area contributed by atoms with Crippen LogP contribution in [0.1, 0.15) is 0 Å². The maximum Gasteiger partial charge on any atom is 0.525 e. The SMILES string of the molecule is NCC(F)(OC(F)(F)F)C(F)(F)F. The van der Waals surface area contributed by atoms with E-state index < -0.39 is 24.9 Å². The highest BCUT2D eigenvalue weighted by Crippen LogP contribution is 2.38. The molecule has 0 rings (SSSR count). The summed E-state index contributed by atoms with van der Waals surface area (Å²) in [5.41, 5.74) is 4.18. The van der Waals surface area contributed by atoms with Crippen molar-refractivity contribution in [1.82, 2.24) is 0 Å². The fourth-order valence-electron chi connectivity index (χ4n) is 0.399. The van der Waals surface area contributed by atoms with E-state index in [9.17, 15) is 30.7 Å². The number of ether oxygens (including phenoxy) is 1. The molecule has 2 nitrogen and oxygen atoms in total. The molecule has 0 fully saturated rings. The largest absolute Gasteiger partial charge is 0.525 e. The number of halogens is 7. The van der Waals surface area contributed by atoms with Crippen molar-refractivity contribution >= 4 is 0 Å². The first kappa shape index (κ1) is 12.4. The quantitative estimate of drug-likeness (QED) is 0.711. The Morgan fingerprint density at radius 2 is 1.31 bits per heavy atom. The standard InChI is InChI=1S/C4H4F7NO/c5-2(1-12,3(6,7)8)13-4(9,10)11/h1,12H2. The van der Waals surface area contributed by atoms with Crippen molar-refractivity contribution in [3.8, 4) is 0 Å². The summed E-state index contributed by atoms with van der Waals surface area (Å²) in [5.74, 6) is -4.88. The van der Waals surface area contributed by atoms with Crippen LogP contribution < -0.4 is 5.73 Å². The van der Waals surface area contributed by atoms with Crippen molar-refractivity contribution in [3.05, 3.63) is 0 Å². The highest BCUT2D eigenvalue weighted by Gasteiger charge is 2.61. The average Bonchev–Trinajstić information content (AvgIpc) is 1.81. The summed E-state index contributed by atoms with van der Waals surface area (Å²) in [6, 6.07) is 0. The summed E-state index contributed by atoms with van der Waals surface area (Å²) in [6.07, 6.45) is -11.6. The Bertz CT molecular complexity index is 174. The third-order valence-corrected chi connectivity index (χ3v) is 0.963. The topological polar surface area (TPSA) is 35.2 Å². The summed E-state index contributed by atoms with van der Waals surface area (Å²) in [4.78, 5) is 0. The molecule has 0 aromatic carbocycles. The van der Waals surface area contributed by atoms with Crippen LogP contribution >= 0.6 is 0 Å². The molecule has 0 aliphatic carbocycles. The molecule has 0 aliphatic heterocycles. The lowest BCUT2D eigenvalue weighted by Crippen LogP contribution is -2.52. The van der Waals surface area contributed by atoms with Gasteiger partial charge in [0.25, 0.3) is 0 Å². The van der Waals surface area contributed by atoms with Crippen LogP contribution in [0.15, 0.2) is 0 Å². The minimum absolute atomic E-state index is 1.96. The maximum atomic E-state index is 12.3. The Labute approximate surface area is 67.4 Å². The van der Waals surface area contributed by atoms with Gasteiger partial charge < -0.3 is 5.73 Å². The highest BCUT2D eigenvalue weighted by atomic mass is 19.4. The Balaban J connectivity index is 4.67. The van der Waals surface area contributed by atoms with Crippen molar-refractivity contribution in [2.75, 3.05) is 6.54 Å². The van der Waals surface area contributed by atoms with E-state index in [-0.39, 0.29) is 0 Å². The van der Waals surface area contributed by atoms with E-state index in [1.54, 1.807) is 0 Å². The molecule has 0 aliphatic rings. The van der Waals surface area contributed by atoms with Gasteiger partial charge in [0.2, 0.25) is 0 Å². The minimum atomic E-state index is -5.82. The van der Waals surface area contributed by atoms with Crippen LogP contribution in [0.5, 0.6) is 0 Å². The molecule has 2 N–H and O–H groups in total. The van der Waals surface area contributed by atoms with Crippen LogP contribution in [0.3, 0.4) is 0 Å². The van der Waals surface area contributed by atoms with Crippen LogP contribution in [0, 0.1) is 0 Å².